The summed E-state index contributed by atoms with van der Waals surface area (Å²) in [6, 6.07) is 7.59. The molecule has 144 valence electrons. The Morgan fingerprint density at radius 3 is 2.52 bits per heavy atom. The van der Waals surface area contributed by atoms with Crippen LogP contribution in [0.1, 0.15) is 24.0 Å². The third-order valence-electron chi connectivity index (χ3n) is 4.52. The number of nitrogens with zero attached hydrogens (tertiary/aromatic N) is 2. The lowest BCUT2D eigenvalue weighted by molar-refractivity contribution is -0.140. The van der Waals surface area contributed by atoms with Crippen LogP contribution in [0.15, 0.2) is 36.5 Å². The van der Waals surface area contributed by atoms with Gasteiger partial charge < -0.3 is 9.64 Å². The summed E-state index contributed by atoms with van der Waals surface area (Å²) in [4.78, 5) is 18.2. The number of hydrogen-bond donors (Lipinski definition) is 0. The van der Waals surface area contributed by atoms with Crippen molar-refractivity contribution in [2.24, 2.45) is 5.92 Å². The van der Waals surface area contributed by atoms with Gasteiger partial charge in [-0.1, -0.05) is 17.7 Å². The van der Waals surface area contributed by atoms with Crippen LogP contribution in [0.5, 0.6) is 5.75 Å². The summed E-state index contributed by atoms with van der Waals surface area (Å²) >= 11 is 6.05. The number of piperidine rings is 1. The van der Waals surface area contributed by atoms with Crippen molar-refractivity contribution in [3.05, 3.63) is 52.7 Å². The molecular weight excluding hydrogens is 381 g/mol. The highest BCUT2D eigenvalue weighted by Crippen LogP contribution is 2.31. The van der Waals surface area contributed by atoms with Gasteiger partial charge in [-0.15, -0.1) is 0 Å². The van der Waals surface area contributed by atoms with E-state index in [2.05, 4.69) is 4.98 Å². The molecule has 1 aromatic heterocycles. The Morgan fingerprint density at radius 2 is 1.93 bits per heavy atom. The van der Waals surface area contributed by atoms with E-state index < -0.39 is 11.7 Å². The van der Waals surface area contributed by atoms with Crippen molar-refractivity contribution >= 4 is 23.4 Å². The Bertz CT molecular complexity index is 817. The lowest BCUT2D eigenvalue weighted by Gasteiger charge is -2.31. The highest BCUT2D eigenvalue weighted by Gasteiger charge is 2.32. The average Bonchev–Trinajstić information content (AvgIpc) is 2.64. The van der Waals surface area contributed by atoms with Gasteiger partial charge in [0.2, 0.25) is 0 Å². The predicted molar refractivity (Wildman–Crippen MR) is 96.0 cm³/mol. The van der Waals surface area contributed by atoms with Crippen LogP contribution < -0.4 is 9.64 Å². The van der Waals surface area contributed by atoms with Gasteiger partial charge in [0.05, 0.1) is 16.5 Å². The van der Waals surface area contributed by atoms with E-state index in [-0.39, 0.29) is 11.9 Å². The quantitative estimate of drug-likeness (QED) is 0.545. The number of ether oxygens (including phenoxy) is 1. The molecule has 8 heteroatoms. The molecule has 0 aliphatic carbocycles. The van der Waals surface area contributed by atoms with Crippen LogP contribution in [0.3, 0.4) is 0 Å². The zero-order valence-electron chi connectivity index (χ0n) is 14.6. The summed E-state index contributed by atoms with van der Waals surface area (Å²) in [5, 5.41) is 0.375. The lowest BCUT2D eigenvalue weighted by Crippen LogP contribution is -2.38. The Labute approximate surface area is 159 Å². The number of aromatic nitrogens is 1. The smallest absolute Gasteiger partial charge is 0.417 e. The molecule has 0 spiro atoms. The number of benzene rings is 1. The predicted octanol–water partition coefficient (Wildman–Crippen LogP) is 4.88. The largest absolute Gasteiger partial charge is 0.425 e. The topological polar surface area (TPSA) is 42.4 Å². The van der Waals surface area contributed by atoms with Crippen LogP contribution in [0.25, 0.3) is 0 Å². The molecule has 4 nitrogen and oxygen atoms in total. The molecule has 2 aromatic rings. The molecule has 3 rings (SSSR count). The molecular formula is C19H18ClF3N2O2. The molecule has 1 aliphatic rings. The summed E-state index contributed by atoms with van der Waals surface area (Å²) < 4.78 is 43.3. The second-order valence-electron chi connectivity index (χ2n) is 6.52. The molecule has 0 radical (unpaired) electrons. The summed E-state index contributed by atoms with van der Waals surface area (Å²) in [6.07, 6.45) is -2.51. The van der Waals surface area contributed by atoms with E-state index in [1.165, 1.54) is 6.07 Å². The van der Waals surface area contributed by atoms with Crippen molar-refractivity contribution in [1.82, 2.24) is 4.98 Å². The lowest BCUT2D eigenvalue weighted by atomic mass is 9.97. The Morgan fingerprint density at radius 1 is 1.22 bits per heavy atom. The second kappa shape index (κ2) is 7.76. The minimum atomic E-state index is -4.40. The standard InChI is InChI=1S/C19H18ClF3N2O2/c1-12-2-4-15(20)16(10-12)27-18(26)13-6-8-25(9-7-13)17-5-3-14(11-24-17)19(21,22)23/h2-5,10-11,13H,6-9H2,1H3. The van der Waals surface area contributed by atoms with Crippen molar-refractivity contribution < 1.29 is 22.7 Å². The van der Waals surface area contributed by atoms with Gasteiger partial charge in [0.25, 0.3) is 0 Å². The first-order chi connectivity index (χ1) is 12.7. The number of hydrogen-bond acceptors (Lipinski definition) is 4. The van der Waals surface area contributed by atoms with E-state index in [1.807, 2.05) is 17.9 Å². The average molecular weight is 399 g/mol. The molecule has 1 aromatic carbocycles. The minimum Gasteiger partial charge on any atom is -0.425 e. The van der Waals surface area contributed by atoms with Gasteiger partial charge in [-0.25, -0.2) is 4.98 Å². The Kier molecular flexibility index (Phi) is 5.60. The van der Waals surface area contributed by atoms with Crippen LogP contribution in [-0.2, 0) is 11.0 Å². The van der Waals surface area contributed by atoms with E-state index in [4.69, 9.17) is 16.3 Å². The van der Waals surface area contributed by atoms with Gasteiger partial charge in [-0.3, -0.25) is 4.79 Å². The van der Waals surface area contributed by atoms with Gasteiger partial charge in [0.15, 0.2) is 0 Å². The summed E-state index contributed by atoms with van der Waals surface area (Å²) in [5.41, 5.74) is 0.158. The molecule has 1 saturated heterocycles. The van der Waals surface area contributed by atoms with E-state index in [1.54, 1.807) is 12.1 Å². The maximum Gasteiger partial charge on any atom is 0.417 e. The number of carbonyl (C=O) groups excluding carboxylic acids is 1. The number of alkyl halides is 3. The third kappa shape index (κ3) is 4.71. The van der Waals surface area contributed by atoms with Crippen molar-refractivity contribution in [3.63, 3.8) is 0 Å². The maximum absolute atomic E-state index is 12.6. The molecule has 1 aliphatic heterocycles. The summed E-state index contributed by atoms with van der Waals surface area (Å²) in [5.74, 6) is 0.180. The number of esters is 1. The van der Waals surface area contributed by atoms with Crippen molar-refractivity contribution in [2.45, 2.75) is 25.9 Å². The zero-order valence-corrected chi connectivity index (χ0v) is 15.3. The number of halogens is 4. The van der Waals surface area contributed by atoms with Crippen molar-refractivity contribution in [3.8, 4) is 5.75 Å². The number of carbonyl (C=O) groups is 1. The second-order valence-corrected chi connectivity index (χ2v) is 6.93. The van der Waals surface area contributed by atoms with Crippen LogP contribution in [-0.4, -0.2) is 24.0 Å². The minimum absolute atomic E-state index is 0.285. The normalized spacial score (nSPS) is 15.7. The van der Waals surface area contributed by atoms with E-state index in [9.17, 15) is 18.0 Å². The van der Waals surface area contributed by atoms with Crippen molar-refractivity contribution in [2.75, 3.05) is 18.0 Å². The van der Waals surface area contributed by atoms with Crippen LogP contribution in [0.2, 0.25) is 5.02 Å². The van der Waals surface area contributed by atoms with Gasteiger partial charge in [0.1, 0.15) is 11.6 Å². The van der Waals surface area contributed by atoms with Gasteiger partial charge in [-0.2, -0.15) is 13.2 Å². The molecule has 0 bridgehead atoms. The highest BCUT2D eigenvalue weighted by atomic mass is 35.5. The maximum atomic E-state index is 12.6. The fourth-order valence-electron chi connectivity index (χ4n) is 2.97. The molecule has 1 fully saturated rings. The SMILES string of the molecule is Cc1ccc(Cl)c(OC(=O)C2CCN(c3ccc(C(F)(F)F)cn3)CC2)c1. The van der Waals surface area contributed by atoms with Crippen LogP contribution >= 0.6 is 11.6 Å². The molecule has 27 heavy (non-hydrogen) atoms. The van der Waals surface area contributed by atoms with E-state index in [0.29, 0.717) is 42.5 Å². The number of aryl methyl sites for hydroxylation is 1. The Hall–Kier alpha value is -2.28. The molecule has 2 heterocycles. The fourth-order valence-corrected chi connectivity index (χ4v) is 3.12. The fraction of sp³-hybridized carbons (Fsp3) is 0.368. The van der Waals surface area contributed by atoms with Crippen molar-refractivity contribution in [1.29, 1.82) is 0 Å². The molecule has 0 saturated carbocycles. The molecule has 0 amide bonds. The number of rotatable bonds is 3. The third-order valence-corrected chi connectivity index (χ3v) is 4.84. The van der Waals surface area contributed by atoms with Crippen LogP contribution in [0.4, 0.5) is 19.0 Å². The number of anilines is 1. The van der Waals surface area contributed by atoms with E-state index >= 15 is 0 Å². The van der Waals surface area contributed by atoms with Gasteiger partial charge in [0, 0.05) is 19.3 Å². The summed E-state index contributed by atoms with van der Waals surface area (Å²) in [7, 11) is 0. The van der Waals surface area contributed by atoms with Gasteiger partial charge >= 0.3 is 12.1 Å². The number of pyridine rings is 1. The first kappa shape index (κ1) is 19.5. The van der Waals surface area contributed by atoms with E-state index in [0.717, 1.165) is 17.8 Å². The van der Waals surface area contributed by atoms with Gasteiger partial charge in [-0.05, 0) is 49.6 Å². The monoisotopic (exact) mass is 398 g/mol. The Balaban J connectivity index is 1.58. The molecule has 0 N–H and O–H groups in total. The summed E-state index contributed by atoms with van der Waals surface area (Å²) in [6.45, 7) is 2.91. The zero-order chi connectivity index (χ0) is 19.6. The first-order valence-electron chi connectivity index (χ1n) is 8.50. The first-order valence-corrected chi connectivity index (χ1v) is 8.88. The highest BCUT2D eigenvalue weighted by molar-refractivity contribution is 6.32. The molecule has 0 unspecified atom stereocenters. The van der Waals surface area contributed by atoms with Crippen LogP contribution in [0, 0.1) is 12.8 Å². The molecule has 0 atom stereocenters.